The second-order valence-corrected chi connectivity index (χ2v) is 4.99. The van der Waals surface area contributed by atoms with Gasteiger partial charge in [-0.2, -0.15) is 0 Å². The van der Waals surface area contributed by atoms with Gasteiger partial charge in [0.1, 0.15) is 6.04 Å². The van der Waals surface area contributed by atoms with Gasteiger partial charge in [0.05, 0.1) is 39.2 Å². The number of rotatable bonds is 7. The summed E-state index contributed by atoms with van der Waals surface area (Å²) in [6, 6.07) is 1.18. The van der Waals surface area contributed by atoms with Gasteiger partial charge in [0.25, 0.3) is 5.91 Å². The summed E-state index contributed by atoms with van der Waals surface area (Å²) in [5.74, 6) is -8.35. The fourth-order valence-electron chi connectivity index (χ4n) is 2.10. The minimum Gasteiger partial charge on any atom is -0.469 e. The molecule has 0 bridgehead atoms. The number of nitrogens with one attached hydrogen (secondary N) is 1. The van der Waals surface area contributed by atoms with Crippen LogP contribution in [0, 0.1) is 17.6 Å². The number of amides is 1. The Labute approximate surface area is 147 Å². The van der Waals surface area contributed by atoms with E-state index in [1.165, 1.54) is 0 Å². The van der Waals surface area contributed by atoms with Gasteiger partial charge < -0.3 is 19.5 Å². The van der Waals surface area contributed by atoms with Crippen molar-refractivity contribution in [3.8, 4) is 0 Å². The lowest BCUT2D eigenvalue weighted by atomic mass is 9.95. The molecule has 0 spiro atoms. The molecule has 1 aromatic carbocycles. The maximum Gasteiger partial charge on any atom is 0.329 e. The molecule has 8 nitrogen and oxygen atoms in total. The Bertz CT molecular complexity index is 708. The molecule has 1 N–H and O–H groups in total. The van der Waals surface area contributed by atoms with E-state index in [1.807, 2.05) is 0 Å². The Morgan fingerprint density at radius 3 is 2.15 bits per heavy atom. The first-order valence-corrected chi connectivity index (χ1v) is 7.24. The molecule has 0 aliphatic carbocycles. The molecule has 0 aliphatic heterocycles. The summed E-state index contributed by atoms with van der Waals surface area (Å²) >= 11 is 0. The summed E-state index contributed by atoms with van der Waals surface area (Å²) in [4.78, 5) is 47.7. The highest BCUT2D eigenvalue weighted by Gasteiger charge is 2.39. The molecule has 1 rings (SSSR count). The summed E-state index contributed by atoms with van der Waals surface area (Å²) in [5.41, 5.74) is -0.694. The number of ether oxygens (including phenoxy) is 3. The lowest BCUT2D eigenvalue weighted by Gasteiger charge is -2.23. The average Bonchev–Trinajstić information content (AvgIpc) is 2.64. The molecule has 0 radical (unpaired) electrons. The van der Waals surface area contributed by atoms with Crippen molar-refractivity contribution in [3.63, 3.8) is 0 Å². The third kappa shape index (κ3) is 4.98. The smallest absolute Gasteiger partial charge is 0.329 e. The van der Waals surface area contributed by atoms with Crippen molar-refractivity contribution in [1.82, 2.24) is 5.32 Å². The van der Waals surface area contributed by atoms with Crippen LogP contribution in [0.15, 0.2) is 18.2 Å². The maximum atomic E-state index is 13.8. The van der Waals surface area contributed by atoms with Crippen LogP contribution in [0.1, 0.15) is 16.8 Å². The fourth-order valence-corrected chi connectivity index (χ4v) is 2.10. The van der Waals surface area contributed by atoms with Crippen LogP contribution in [0.3, 0.4) is 0 Å². The number of carbonyl (C=O) groups is 4. The van der Waals surface area contributed by atoms with Crippen LogP contribution in [0.5, 0.6) is 0 Å². The molecule has 0 heterocycles. The van der Waals surface area contributed by atoms with Gasteiger partial charge in [-0.3, -0.25) is 14.4 Å². The highest BCUT2D eigenvalue weighted by molar-refractivity contribution is 5.98. The van der Waals surface area contributed by atoms with Crippen LogP contribution >= 0.6 is 0 Å². The normalized spacial score (nSPS) is 12.5. The van der Waals surface area contributed by atoms with Crippen LogP contribution < -0.4 is 5.32 Å². The molecule has 0 saturated carbocycles. The first-order chi connectivity index (χ1) is 12.3. The lowest BCUT2D eigenvalue weighted by molar-refractivity contribution is -0.158. The molecule has 1 aromatic rings. The number of hydrogen-bond acceptors (Lipinski definition) is 7. The lowest BCUT2D eigenvalue weighted by Crippen LogP contribution is -2.50. The summed E-state index contributed by atoms with van der Waals surface area (Å²) in [6.07, 6.45) is -0.616. The third-order valence-electron chi connectivity index (χ3n) is 3.46. The quantitative estimate of drug-likeness (QED) is 0.550. The van der Waals surface area contributed by atoms with Crippen LogP contribution in [0.2, 0.25) is 0 Å². The number of hydrogen-bond donors (Lipinski definition) is 1. The Morgan fingerprint density at radius 2 is 1.62 bits per heavy atom. The summed E-state index contributed by atoms with van der Waals surface area (Å²) in [6.45, 7) is 0. The Morgan fingerprint density at radius 1 is 1.00 bits per heavy atom. The van der Waals surface area contributed by atoms with Crippen molar-refractivity contribution in [2.24, 2.45) is 5.92 Å². The molecule has 0 unspecified atom stereocenters. The number of esters is 3. The van der Waals surface area contributed by atoms with E-state index in [0.717, 1.165) is 39.5 Å². The van der Waals surface area contributed by atoms with Crippen LogP contribution in [0.4, 0.5) is 8.78 Å². The van der Waals surface area contributed by atoms with E-state index in [4.69, 9.17) is 0 Å². The highest BCUT2D eigenvalue weighted by atomic mass is 19.2. The van der Waals surface area contributed by atoms with Crippen molar-refractivity contribution in [2.75, 3.05) is 21.3 Å². The largest absolute Gasteiger partial charge is 0.469 e. The van der Waals surface area contributed by atoms with E-state index in [-0.39, 0.29) is 0 Å². The fraction of sp³-hybridized carbons (Fsp3) is 0.375. The van der Waals surface area contributed by atoms with Gasteiger partial charge in [-0.25, -0.2) is 13.6 Å². The Hall–Kier alpha value is -3.04. The molecule has 0 fully saturated rings. The van der Waals surface area contributed by atoms with E-state index in [0.29, 0.717) is 0 Å². The van der Waals surface area contributed by atoms with E-state index >= 15 is 0 Å². The van der Waals surface area contributed by atoms with Gasteiger partial charge in [0.15, 0.2) is 11.6 Å². The molecule has 2 atom stereocenters. The monoisotopic (exact) mass is 373 g/mol. The Balaban J connectivity index is 3.20. The maximum absolute atomic E-state index is 13.8. The third-order valence-corrected chi connectivity index (χ3v) is 3.46. The van der Waals surface area contributed by atoms with Gasteiger partial charge in [0.2, 0.25) is 0 Å². The number of carbonyl (C=O) groups excluding carboxylic acids is 4. The van der Waals surface area contributed by atoms with E-state index in [2.05, 4.69) is 19.5 Å². The molecule has 0 aromatic heterocycles. The minimum atomic E-state index is -1.69. The SMILES string of the molecule is COC(=O)C[C@@H](C(=O)OC)[C@H](NC(=O)c1cccc(F)c1F)C(=O)OC. The van der Waals surface area contributed by atoms with Gasteiger partial charge in [0, 0.05) is 0 Å². The van der Waals surface area contributed by atoms with Gasteiger partial charge >= 0.3 is 17.9 Å². The predicted octanol–water partition coefficient (Wildman–Crippen LogP) is 0.588. The van der Waals surface area contributed by atoms with Crippen LogP contribution in [-0.2, 0) is 28.6 Å². The second-order valence-electron chi connectivity index (χ2n) is 4.99. The van der Waals surface area contributed by atoms with E-state index in [9.17, 15) is 28.0 Å². The second kappa shape index (κ2) is 9.44. The zero-order valence-electron chi connectivity index (χ0n) is 14.2. The van der Waals surface area contributed by atoms with E-state index in [1.54, 1.807) is 0 Å². The summed E-state index contributed by atoms with van der Waals surface area (Å²) < 4.78 is 40.5. The topological polar surface area (TPSA) is 108 Å². The van der Waals surface area contributed by atoms with E-state index < -0.39 is 59.4 Å². The van der Waals surface area contributed by atoms with Gasteiger partial charge in [-0.15, -0.1) is 0 Å². The molecule has 26 heavy (non-hydrogen) atoms. The average molecular weight is 373 g/mol. The zero-order valence-corrected chi connectivity index (χ0v) is 14.2. The number of halogens is 2. The molecule has 0 saturated heterocycles. The van der Waals surface area contributed by atoms with Crippen molar-refractivity contribution < 1.29 is 42.2 Å². The number of methoxy groups -OCH3 is 3. The molecular formula is C16H17F2NO7. The minimum absolute atomic E-state index is 0.616. The molecule has 10 heteroatoms. The van der Waals surface area contributed by atoms with Crippen molar-refractivity contribution in [1.29, 1.82) is 0 Å². The van der Waals surface area contributed by atoms with Crippen molar-refractivity contribution in [2.45, 2.75) is 12.5 Å². The molecule has 1 amide bonds. The summed E-state index contributed by atoms with van der Waals surface area (Å²) in [5, 5.41) is 2.07. The van der Waals surface area contributed by atoms with Crippen LogP contribution in [0.25, 0.3) is 0 Å². The molecule has 0 aliphatic rings. The zero-order chi connectivity index (χ0) is 19.9. The van der Waals surface area contributed by atoms with Crippen molar-refractivity contribution in [3.05, 3.63) is 35.4 Å². The van der Waals surface area contributed by atoms with Gasteiger partial charge in [-0.05, 0) is 12.1 Å². The number of benzene rings is 1. The molecule has 142 valence electrons. The summed E-state index contributed by atoms with van der Waals surface area (Å²) in [7, 11) is 3.05. The first-order valence-electron chi connectivity index (χ1n) is 7.24. The van der Waals surface area contributed by atoms with Crippen LogP contribution in [-0.4, -0.2) is 51.2 Å². The van der Waals surface area contributed by atoms with Crippen molar-refractivity contribution >= 4 is 23.8 Å². The Kier molecular flexibility index (Phi) is 7.63. The van der Waals surface area contributed by atoms with Gasteiger partial charge in [-0.1, -0.05) is 6.07 Å². The standard InChI is InChI=1S/C16H17F2NO7/c1-24-11(20)7-9(15(22)25-2)13(16(23)26-3)19-14(21)8-5-4-6-10(17)12(8)18/h4-6,9,13H,7H2,1-3H3,(H,19,21)/t9-,13+/m1/s1. The molecular weight excluding hydrogens is 356 g/mol. The predicted molar refractivity (Wildman–Crippen MR) is 81.8 cm³/mol. The highest BCUT2D eigenvalue weighted by Crippen LogP contribution is 2.17. The first kappa shape index (κ1) is 21.0.